The van der Waals surface area contributed by atoms with Crippen LogP contribution in [0.25, 0.3) is 10.6 Å². The molecule has 0 fully saturated rings. The molecule has 1 aromatic carbocycles. The Balaban J connectivity index is 2.28. The molecule has 22 heavy (non-hydrogen) atoms. The first-order valence-electron chi connectivity index (χ1n) is 7.59. The number of hydrogen-bond acceptors (Lipinski definition) is 3. The number of thiazole rings is 1. The van der Waals surface area contributed by atoms with Gasteiger partial charge in [0.25, 0.3) is 5.91 Å². The quantitative estimate of drug-likeness (QED) is 0.740. The van der Waals surface area contributed by atoms with Gasteiger partial charge < -0.3 is 4.90 Å². The minimum absolute atomic E-state index is 0.0962. The first-order chi connectivity index (χ1) is 10.6. The fourth-order valence-electron chi connectivity index (χ4n) is 2.31. The van der Waals surface area contributed by atoms with E-state index in [1.165, 1.54) is 11.3 Å². The predicted octanol–water partition coefficient (Wildman–Crippen LogP) is 5.03. The second kappa shape index (κ2) is 7.75. The molecular weight excluding hydrogens is 316 g/mol. The third-order valence-corrected chi connectivity index (χ3v) is 4.80. The largest absolute Gasteiger partial charge is 0.338 e. The summed E-state index contributed by atoms with van der Waals surface area (Å²) in [5.74, 6) is 0.0962. The highest BCUT2D eigenvalue weighted by molar-refractivity contribution is 7.17. The van der Waals surface area contributed by atoms with Crippen LogP contribution in [0, 0.1) is 6.92 Å². The van der Waals surface area contributed by atoms with Crippen molar-refractivity contribution in [2.75, 3.05) is 13.1 Å². The number of carbonyl (C=O) groups excluding carboxylic acids is 1. The second-order valence-corrected chi connectivity index (χ2v) is 6.67. The summed E-state index contributed by atoms with van der Waals surface area (Å²) in [6, 6.07) is 7.56. The minimum atomic E-state index is 0.0962. The Labute approximate surface area is 140 Å². The van der Waals surface area contributed by atoms with Gasteiger partial charge in [0.1, 0.15) is 9.88 Å². The Morgan fingerprint density at radius 2 is 1.77 bits per heavy atom. The number of rotatable bonds is 6. The number of nitrogens with zero attached hydrogens (tertiary/aromatic N) is 2. The van der Waals surface area contributed by atoms with Crippen LogP contribution in [0.5, 0.6) is 0 Å². The number of halogens is 1. The lowest BCUT2D eigenvalue weighted by Crippen LogP contribution is -2.32. The average Bonchev–Trinajstić information content (AvgIpc) is 2.89. The van der Waals surface area contributed by atoms with E-state index in [2.05, 4.69) is 18.8 Å². The molecule has 0 saturated heterocycles. The van der Waals surface area contributed by atoms with Gasteiger partial charge in [-0.15, -0.1) is 11.3 Å². The normalized spacial score (nSPS) is 10.7. The highest BCUT2D eigenvalue weighted by Crippen LogP contribution is 2.29. The van der Waals surface area contributed by atoms with E-state index in [1.807, 2.05) is 36.1 Å². The molecule has 5 heteroatoms. The molecule has 0 aliphatic heterocycles. The van der Waals surface area contributed by atoms with Crippen molar-refractivity contribution >= 4 is 28.8 Å². The van der Waals surface area contributed by atoms with Crippen LogP contribution >= 0.6 is 22.9 Å². The van der Waals surface area contributed by atoms with E-state index >= 15 is 0 Å². The van der Waals surface area contributed by atoms with E-state index < -0.39 is 0 Å². The van der Waals surface area contributed by atoms with Gasteiger partial charge in [0.2, 0.25) is 0 Å². The molecule has 0 unspecified atom stereocenters. The van der Waals surface area contributed by atoms with Crippen molar-refractivity contribution in [3.8, 4) is 10.6 Å². The van der Waals surface area contributed by atoms with Crippen molar-refractivity contribution in [1.29, 1.82) is 0 Å². The number of carbonyl (C=O) groups is 1. The van der Waals surface area contributed by atoms with Gasteiger partial charge in [-0.3, -0.25) is 4.79 Å². The fraction of sp³-hybridized carbons (Fsp3) is 0.412. The molecular formula is C17H21ClN2OS. The van der Waals surface area contributed by atoms with Crippen molar-refractivity contribution in [3.05, 3.63) is 39.9 Å². The predicted molar refractivity (Wildman–Crippen MR) is 93.8 cm³/mol. The van der Waals surface area contributed by atoms with Gasteiger partial charge >= 0.3 is 0 Å². The molecule has 0 aliphatic carbocycles. The third kappa shape index (κ3) is 3.87. The van der Waals surface area contributed by atoms with Gasteiger partial charge in [0.05, 0.1) is 5.69 Å². The van der Waals surface area contributed by atoms with E-state index in [-0.39, 0.29) is 5.91 Å². The average molecular weight is 337 g/mol. The SMILES string of the molecule is CCCN(CCC)C(=O)c1sc(-c2ccc(Cl)cc2)nc1C. The summed E-state index contributed by atoms with van der Waals surface area (Å²) in [7, 11) is 0. The standard InChI is InChI=1S/C17H21ClN2OS/c1-4-10-20(11-5-2)17(21)15-12(3)19-16(22-15)13-6-8-14(18)9-7-13/h6-9H,4-5,10-11H2,1-3H3. The zero-order chi connectivity index (χ0) is 16.1. The molecule has 0 bridgehead atoms. The van der Waals surface area contributed by atoms with E-state index in [0.717, 1.165) is 47.1 Å². The van der Waals surface area contributed by atoms with Crippen molar-refractivity contribution in [2.45, 2.75) is 33.6 Å². The summed E-state index contributed by atoms with van der Waals surface area (Å²) in [4.78, 5) is 19.9. The summed E-state index contributed by atoms with van der Waals surface area (Å²) in [6.07, 6.45) is 1.93. The van der Waals surface area contributed by atoms with Crippen molar-refractivity contribution in [3.63, 3.8) is 0 Å². The fourth-order valence-corrected chi connectivity index (χ4v) is 3.47. The van der Waals surface area contributed by atoms with Gasteiger partial charge in [-0.25, -0.2) is 4.98 Å². The van der Waals surface area contributed by atoms with Crippen molar-refractivity contribution < 1.29 is 4.79 Å². The van der Waals surface area contributed by atoms with Crippen LogP contribution in [0.4, 0.5) is 0 Å². The molecule has 118 valence electrons. The third-order valence-electron chi connectivity index (χ3n) is 3.36. The molecule has 0 radical (unpaired) electrons. The number of aryl methyl sites for hydroxylation is 1. The minimum Gasteiger partial charge on any atom is -0.338 e. The summed E-state index contributed by atoms with van der Waals surface area (Å²) >= 11 is 7.38. The maximum Gasteiger partial charge on any atom is 0.265 e. The number of amides is 1. The molecule has 1 aromatic heterocycles. The van der Waals surface area contributed by atoms with Gasteiger partial charge in [-0.2, -0.15) is 0 Å². The number of benzene rings is 1. The van der Waals surface area contributed by atoms with Crippen LogP contribution in [0.3, 0.4) is 0 Å². The molecule has 2 aromatic rings. The molecule has 0 N–H and O–H groups in total. The van der Waals surface area contributed by atoms with Gasteiger partial charge in [0, 0.05) is 23.7 Å². The van der Waals surface area contributed by atoms with Crippen LogP contribution in [0.2, 0.25) is 5.02 Å². The number of hydrogen-bond donors (Lipinski definition) is 0. The van der Waals surface area contributed by atoms with Crippen LogP contribution in [-0.4, -0.2) is 28.9 Å². The monoisotopic (exact) mass is 336 g/mol. The molecule has 1 heterocycles. The molecule has 2 rings (SSSR count). The summed E-state index contributed by atoms with van der Waals surface area (Å²) in [6.45, 7) is 7.67. The summed E-state index contributed by atoms with van der Waals surface area (Å²) < 4.78 is 0. The van der Waals surface area contributed by atoms with E-state index in [0.29, 0.717) is 5.02 Å². The summed E-state index contributed by atoms with van der Waals surface area (Å²) in [5.41, 5.74) is 1.80. The lowest BCUT2D eigenvalue weighted by atomic mass is 10.2. The molecule has 0 saturated carbocycles. The van der Waals surface area contributed by atoms with E-state index in [1.54, 1.807) is 0 Å². The smallest absolute Gasteiger partial charge is 0.265 e. The Kier molecular flexibility index (Phi) is 5.98. The topological polar surface area (TPSA) is 33.2 Å². The Morgan fingerprint density at radius 3 is 2.32 bits per heavy atom. The molecule has 0 aliphatic rings. The van der Waals surface area contributed by atoms with Crippen LogP contribution in [-0.2, 0) is 0 Å². The van der Waals surface area contributed by atoms with Crippen LogP contribution < -0.4 is 0 Å². The maximum atomic E-state index is 12.7. The van der Waals surface area contributed by atoms with Crippen LogP contribution in [0.15, 0.2) is 24.3 Å². The molecule has 1 amide bonds. The highest BCUT2D eigenvalue weighted by atomic mass is 35.5. The molecule has 3 nitrogen and oxygen atoms in total. The van der Waals surface area contributed by atoms with Gasteiger partial charge in [-0.1, -0.05) is 37.6 Å². The van der Waals surface area contributed by atoms with Gasteiger partial charge in [0.15, 0.2) is 0 Å². The number of aromatic nitrogens is 1. The first kappa shape index (κ1) is 17.0. The molecule has 0 atom stereocenters. The zero-order valence-electron chi connectivity index (χ0n) is 13.2. The van der Waals surface area contributed by atoms with E-state index in [4.69, 9.17) is 11.6 Å². The van der Waals surface area contributed by atoms with Crippen molar-refractivity contribution in [1.82, 2.24) is 9.88 Å². The maximum absolute atomic E-state index is 12.7. The van der Waals surface area contributed by atoms with Gasteiger partial charge in [-0.05, 0) is 31.9 Å². The van der Waals surface area contributed by atoms with Crippen molar-refractivity contribution in [2.24, 2.45) is 0 Å². The lowest BCUT2D eigenvalue weighted by Gasteiger charge is -2.20. The van der Waals surface area contributed by atoms with Crippen LogP contribution in [0.1, 0.15) is 42.1 Å². The Bertz CT molecular complexity index is 631. The Hall–Kier alpha value is -1.39. The first-order valence-corrected chi connectivity index (χ1v) is 8.78. The molecule has 0 spiro atoms. The second-order valence-electron chi connectivity index (χ2n) is 5.23. The lowest BCUT2D eigenvalue weighted by molar-refractivity contribution is 0.0759. The highest BCUT2D eigenvalue weighted by Gasteiger charge is 2.21. The van der Waals surface area contributed by atoms with E-state index in [9.17, 15) is 4.79 Å². The zero-order valence-corrected chi connectivity index (χ0v) is 14.8. The summed E-state index contributed by atoms with van der Waals surface area (Å²) in [5, 5.41) is 1.57. The Morgan fingerprint density at radius 1 is 1.18 bits per heavy atom.